The van der Waals surface area contributed by atoms with E-state index in [9.17, 15) is 9.59 Å². The van der Waals surface area contributed by atoms with Crippen LogP contribution in [0.5, 0.6) is 0 Å². The first kappa shape index (κ1) is 18.8. The fraction of sp³-hybridized carbons (Fsp3) is 0.579. The Morgan fingerprint density at radius 1 is 0.958 bits per heavy atom. The molecule has 1 saturated carbocycles. The molecule has 0 spiro atoms. The quantitative estimate of drug-likeness (QED) is 0.792. The number of hydrogen-bond acceptors (Lipinski definition) is 2. The van der Waals surface area contributed by atoms with Crippen molar-refractivity contribution in [3.8, 4) is 0 Å². The molecule has 1 aromatic carbocycles. The van der Waals surface area contributed by atoms with E-state index in [1.54, 1.807) is 0 Å². The van der Waals surface area contributed by atoms with Crippen LogP contribution in [0.15, 0.2) is 24.3 Å². The molecule has 0 bridgehead atoms. The maximum Gasteiger partial charge on any atom is 0.223 e. The van der Waals surface area contributed by atoms with E-state index in [0.717, 1.165) is 55.7 Å². The second kappa shape index (κ2) is 9.67. The molecule has 0 saturated heterocycles. The number of halogens is 1. The van der Waals surface area contributed by atoms with Gasteiger partial charge in [0.05, 0.1) is 0 Å². The average Bonchev–Trinajstić information content (AvgIpc) is 2.61. The van der Waals surface area contributed by atoms with Gasteiger partial charge in [-0.15, -0.1) is 0 Å². The Morgan fingerprint density at radius 3 is 1.96 bits per heavy atom. The summed E-state index contributed by atoms with van der Waals surface area (Å²) in [5.41, 5.74) is 1.16. The molecule has 1 aliphatic rings. The topological polar surface area (TPSA) is 58.2 Å². The smallest absolute Gasteiger partial charge is 0.223 e. The Hall–Kier alpha value is -1.55. The van der Waals surface area contributed by atoms with Crippen molar-refractivity contribution in [3.63, 3.8) is 0 Å². The van der Waals surface area contributed by atoms with Crippen LogP contribution < -0.4 is 10.6 Å². The minimum Gasteiger partial charge on any atom is -0.356 e. The zero-order valence-electron chi connectivity index (χ0n) is 14.3. The number of nitrogens with one attached hydrogen (secondary N) is 2. The highest BCUT2D eigenvalue weighted by molar-refractivity contribution is 6.30. The SMILES string of the molecule is CCCNC(=O)C1CCC(C(=O)NCCc2ccc(Cl)cc2)CC1. The Labute approximate surface area is 149 Å². The van der Waals surface area contributed by atoms with E-state index in [2.05, 4.69) is 10.6 Å². The maximum atomic E-state index is 12.3. The predicted molar refractivity (Wildman–Crippen MR) is 96.9 cm³/mol. The molecule has 0 radical (unpaired) electrons. The molecule has 1 aliphatic carbocycles. The summed E-state index contributed by atoms with van der Waals surface area (Å²) >= 11 is 5.86. The van der Waals surface area contributed by atoms with Gasteiger partial charge in [-0.2, -0.15) is 0 Å². The van der Waals surface area contributed by atoms with Crippen molar-refractivity contribution >= 4 is 23.4 Å². The standard InChI is InChI=1S/C19H27ClN2O2/c1-2-12-21-18(23)15-5-7-16(8-6-15)19(24)22-13-11-14-3-9-17(20)10-4-14/h3-4,9-10,15-16H,2,5-8,11-13H2,1H3,(H,21,23)(H,22,24). The zero-order chi connectivity index (χ0) is 17.4. The van der Waals surface area contributed by atoms with Crippen LogP contribution >= 0.6 is 11.6 Å². The van der Waals surface area contributed by atoms with Crippen molar-refractivity contribution < 1.29 is 9.59 Å². The molecular formula is C19H27ClN2O2. The lowest BCUT2D eigenvalue weighted by atomic mass is 9.81. The minimum atomic E-state index is 0.0467. The van der Waals surface area contributed by atoms with E-state index in [-0.39, 0.29) is 23.7 Å². The number of carbonyl (C=O) groups is 2. The Morgan fingerprint density at radius 2 is 1.46 bits per heavy atom. The first-order valence-corrected chi connectivity index (χ1v) is 9.27. The van der Waals surface area contributed by atoms with Crippen molar-refractivity contribution in [2.45, 2.75) is 45.4 Å². The zero-order valence-corrected chi connectivity index (χ0v) is 15.1. The molecule has 2 N–H and O–H groups in total. The van der Waals surface area contributed by atoms with E-state index in [4.69, 9.17) is 11.6 Å². The number of rotatable bonds is 7. The van der Waals surface area contributed by atoms with Gasteiger partial charge in [-0.05, 0) is 56.2 Å². The molecule has 2 rings (SSSR count). The van der Waals surface area contributed by atoms with Gasteiger partial charge in [-0.25, -0.2) is 0 Å². The summed E-state index contributed by atoms with van der Waals surface area (Å²) in [6.07, 6.45) is 4.98. The maximum absolute atomic E-state index is 12.3. The van der Waals surface area contributed by atoms with Gasteiger partial charge < -0.3 is 10.6 Å². The summed E-state index contributed by atoms with van der Waals surface area (Å²) < 4.78 is 0. The summed E-state index contributed by atoms with van der Waals surface area (Å²) in [6, 6.07) is 7.69. The van der Waals surface area contributed by atoms with Crippen LogP contribution in [0.3, 0.4) is 0 Å². The fourth-order valence-electron chi connectivity index (χ4n) is 3.14. The number of hydrogen-bond donors (Lipinski definition) is 2. The highest BCUT2D eigenvalue weighted by Crippen LogP contribution is 2.29. The lowest BCUT2D eigenvalue weighted by Crippen LogP contribution is -2.38. The van der Waals surface area contributed by atoms with Crippen LogP contribution in [0, 0.1) is 11.8 Å². The van der Waals surface area contributed by atoms with Gasteiger partial charge >= 0.3 is 0 Å². The molecule has 0 aliphatic heterocycles. The Kier molecular flexibility index (Phi) is 7.57. The Balaban J connectivity index is 1.67. The first-order valence-electron chi connectivity index (χ1n) is 8.90. The van der Waals surface area contributed by atoms with E-state index in [1.807, 2.05) is 31.2 Å². The van der Waals surface area contributed by atoms with Crippen LogP contribution in [0.2, 0.25) is 5.02 Å². The van der Waals surface area contributed by atoms with Crippen molar-refractivity contribution in [2.75, 3.05) is 13.1 Å². The van der Waals surface area contributed by atoms with E-state index in [1.165, 1.54) is 0 Å². The number of amides is 2. The van der Waals surface area contributed by atoms with E-state index < -0.39 is 0 Å². The highest BCUT2D eigenvalue weighted by atomic mass is 35.5. The summed E-state index contributed by atoms with van der Waals surface area (Å²) in [5, 5.41) is 6.70. The van der Waals surface area contributed by atoms with Gasteiger partial charge in [0, 0.05) is 29.9 Å². The fourth-order valence-corrected chi connectivity index (χ4v) is 3.26. The number of carbonyl (C=O) groups excluding carboxylic acids is 2. The van der Waals surface area contributed by atoms with Crippen molar-refractivity contribution in [3.05, 3.63) is 34.9 Å². The summed E-state index contributed by atoms with van der Waals surface area (Å²) in [6.45, 7) is 3.42. The highest BCUT2D eigenvalue weighted by Gasteiger charge is 2.29. The van der Waals surface area contributed by atoms with Crippen molar-refractivity contribution in [2.24, 2.45) is 11.8 Å². The lowest BCUT2D eigenvalue weighted by Gasteiger charge is -2.27. The molecule has 0 aromatic heterocycles. The van der Waals surface area contributed by atoms with Crippen LogP contribution in [-0.4, -0.2) is 24.9 Å². The molecule has 1 fully saturated rings. The predicted octanol–water partition coefficient (Wildman–Crippen LogP) is 3.33. The van der Waals surface area contributed by atoms with Crippen LogP contribution in [0.4, 0.5) is 0 Å². The lowest BCUT2D eigenvalue weighted by molar-refractivity contribution is -0.130. The van der Waals surface area contributed by atoms with Crippen molar-refractivity contribution in [1.82, 2.24) is 10.6 Å². The van der Waals surface area contributed by atoms with Gasteiger partial charge in [0.2, 0.25) is 11.8 Å². The van der Waals surface area contributed by atoms with Crippen LogP contribution in [0.25, 0.3) is 0 Å². The van der Waals surface area contributed by atoms with E-state index >= 15 is 0 Å². The van der Waals surface area contributed by atoms with Gasteiger partial charge in [0.25, 0.3) is 0 Å². The third kappa shape index (κ3) is 5.82. The van der Waals surface area contributed by atoms with Gasteiger partial charge in [-0.3, -0.25) is 9.59 Å². The molecule has 2 amide bonds. The molecule has 1 aromatic rings. The van der Waals surface area contributed by atoms with Crippen LogP contribution in [-0.2, 0) is 16.0 Å². The molecule has 0 atom stereocenters. The summed E-state index contributed by atoms with van der Waals surface area (Å²) in [4.78, 5) is 24.2. The van der Waals surface area contributed by atoms with Gasteiger partial charge in [-0.1, -0.05) is 30.7 Å². The van der Waals surface area contributed by atoms with Crippen LogP contribution in [0.1, 0.15) is 44.6 Å². The second-order valence-corrected chi connectivity index (χ2v) is 6.94. The third-order valence-corrected chi connectivity index (χ3v) is 4.90. The molecule has 24 heavy (non-hydrogen) atoms. The minimum absolute atomic E-state index is 0.0467. The van der Waals surface area contributed by atoms with E-state index in [0.29, 0.717) is 6.54 Å². The largest absolute Gasteiger partial charge is 0.356 e. The molecule has 0 heterocycles. The molecule has 0 unspecified atom stereocenters. The van der Waals surface area contributed by atoms with Crippen molar-refractivity contribution in [1.29, 1.82) is 0 Å². The summed E-state index contributed by atoms with van der Waals surface area (Å²) in [5.74, 6) is 0.398. The molecule has 4 nitrogen and oxygen atoms in total. The molecule has 132 valence electrons. The second-order valence-electron chi connectivity index (χ2n) is 6.51. The summed E-state index contributed by atoms with van der Waals surface area (Å²) in [7, 11) is 0. The average molecular weight is 351 g/mol. The molecular weight excluding hydrogens is 324 g/mol. The number of benzene rings is 1. The Bertz CT molecular complexity index is 537. The monoisotopic (exact) mass is 350 g/mol. The van der Waals surface area contributed by atoms with Gasteiger partial charge in [0.1, 0.15) is 0 Å². The third-order valence-electron chi connectivity index (χ3n) is 4.64. The van der Waals surface area contributed by atoms with Gasteiger partial charge in [0.15, 0.2) is 0 Å². The molecule has 5 heteroatoms. The normalized spacial score (nSPS) is 20.4. The first-order chi connectivity index (χ1) is 11.6.